The summed E-state index contributed by atoms with van der Waals surface area (Å²) in [5.41, 5.74) is 1.75. The SMILES string of the molecule is Cc1ccc(NC(=O)CNC(=O)C=Cc2ccccc2)cc1F. The number of hydrogen-bond donors (Lipinski definition) is 2. The smallest absolute Gasteiger partial charge is 0.244 e. The fraction of sp³-hybridized carbons (Fsp3) is 0.111. The molecule has 118 valence electrons. The molecule has 0 bridgehead atoms. The summed E-state index contributed by atoms with van der Waals surface area (Å²) >= 11 is 0. The van der Waals surface area contributed by atoms with E-state index in [1.807, 2.05) is 30.3 Å². The summed E-state index contributed by atoms with van der Waals surface area (Å²) in [6.07, 6.45) is 3.01. The number of amides is 2. The molecule has 0 saturated carbocycles. The molecule has 4 nitrogen and oxygen atoms in total. The first-order valence-corrected chi connectivity index (χ1v) is 7.11. The van der Waals surface area contributed by atoms with Crippen LogP contribution in [0.5, 0.6) is 0 Å². The van der Waals surface area contributed by atoms with Crippen molar-refractivity contribution in [3.8, 4) is 0 Å². The molecule has 0 aliphatic carbocycles. The van der Waals surface area contributed by atoms with Crippen molar-refractivity contribution in [2.45, 2.75) is 6.92 Å². The third-order valence-corrected chi connectivity index (χ3v) is 3.11. The predicted octanol–water partition coefficient (Wildman–Crippen LogP) is 2.90. The Morgan fingerprint density at radius 3 is 2.57 bits per heavy atom. The van der Waals surface area contributed by atoms with Gasteiger partial charge in [-0.1, -0.05) is 36.4 Å². The van der Waals surface area contributed by atoms with E-state index in [1.165, 1.54) is 12.1 Å². The van der Waals surface area contributed by atoms with Crippen LogP contribution in [0.2, 0.25) is 0 Å². The normalized spacial score (nSPS) is 10.5. The highest BCUT2D eigenvalue weighted by Crippen LogP contribution is 2.13. The fourth-order valence-corrected chi connectivity index (χ4v) is 1.84. The van der Waals surface area contributed by atoms with E-state index in [1.54, 1.807) is 25.1 Å². The predicted molar refractivity (Wildman–Crippen MR) is 88.3 cm³/mol. The number of carbonyl (C=O) groups is 2. The van der Waals surface area contributed by atoms with Gasteiger partial charge in [-0.15, -0.1) is 0 Å². The molecule has 0 spiro atoms. The molecule has 0 fully saturated rings. The Balaban J connectivity index is 1.80. The third kappa shape index (κ3) is 5.39. The Kier molecular flexibility index (Phi) is 5.63. The van der Waals surface area contributed by atoms with Gasteiger partial charge < -0.3 is 10.6 Å². The summed E-state index contributed by atoms with van der Waals surface area (Å²) < 4.78 is 13.4. The molecule has 2 aromatic rings. The summed E-state index contributed by atoms with van der Waals surface area (Å²) in [7, 11) is 0. The lowest BCUT2D eigenvalue weighted by atomic mass is 10.2. The van der Waals surface area contributed by atoms with Gasteiger partial charge >= 0.3 is 0 Å². The molecule has 0 heterocycles. The summed E-state index contributed by atoms with van der Waals surface area (Å²) in [5.74, 6) is -1.19. The van der Waals surface area contributed by atoms with Gasteiger partial charge in [0.15, 0.2) is 0 Å². The highest BCUT2D eigenvalue weighted by Gasteiger charge is 2.05. The molecule has 23 heavy (non-hydrogen) atoms. The zero-order valence-electron chi connectivity index (χ0n) is 12.7. The quantitative estimate of drug-likeness (QED) is 0.834. The molecule has 2 rings (SSSR count). The minimum Gasteiger partial charge on any atom is -0.343 e. The average molecular weight is 312 g/mol. The standard InChI is InChI=1S/C18H17FN2O2/c1-13-7-9-15(11-16(13)19)21-18(23)12-20-17(22)10-8-14-5-3-2-4-6-14/h2-11H,12H2,1H3,(H,20,22)(H,21,23). The van der Waals surface area contributed by atoms with E-state index < -0.39 is 11.7 Å². The maximum Gasteiger partial charge on any atom is 0.244 e. The minimum atomic E-state index is -0.422. The Bertz CT molecular complexity index is 727. The highest BCUT2D eigenvalue weighted by molar-refractivity contribution is 5.97. The summed E-state index contributed by atoms with van der Waals surface area (Å²) in [6.45, 7) is 1.45. The van der Waals surface area contributed by atoms with Crippen LogP contribution in [0.4, 0.5) is 10.1 Å². The van der Waals surface area contributed by atoms with Crippen LogP contribution >= 0.6 is 0 Å². The van der Waals surface area contributed by atoms with E-state index in [-0.39, 0.29) is 12.5 Å². The maximum atomic E-state index is 13.4. The number of nitrogens with one attached hydrogen (secondary N) is 2. The van der Waals surface area contributed by atoms with Gasteiger partial charge in [0.05, 0.1) is 6.54 Å². The largest absolute Gasteiger partial charge is 0.343 e. The molecule has 5 heteroatoms. The zero-order chi connectivity index (χ0) is 16.7. The molecule has 0 atom stereocenters. The second kappa shape index (κ2) is 7.89. The van der Waals surface area contributed by atoms with Gasteiger partial charge in [0.1, 0.15) is 5.82 Å². The first-order valence-electron chi connectivity index (χ1n) is 7.11. The zero-order valence-corrected chi connectivity index (χ0v) is 12.7. The lowest BCUT2D eigenvalue weighted by molar-refractivity contribution is -0.121. The summed E-state index contributed by atoms with van der Waals surface area (Å²) in [4.78, 5) is 23.3. The van der Waals surface area contributed by atoms with Crippen LogP contribution in [0.3, 0.4) is 0 Å². The summed E-state index contributed by atoms with van der Waals surface area (Å²) in [5, 5.41) is 4.99. The van der Waals surface area contributed by atoms with Gasteiger partial charge in [0.2, 0.25) is 11.8 Å². The van der Waals surface area contributed by atoms with E-state index in [0.717, 1.165) is 5.56 Å². The van der Waals surface area contributed by atoms with Crippen molar-refractivity contribution < 1.29 is 14.0 Å². The lowest BCUT2D eigenvalue weighted by Gasteiger charge is -2.06. The topological polar surface area (TPSA) is 58.2 Å². The van der Waals surface area contributed by atoms with Crippen LogP contribution in [0.1, 0.15) is 11.1 Å². The number of benzene rings is 2. The molecule has 2 amide bonds. The Hall–Kier alpha value is -2.95. The average Bonchev–Trinajstić information content (AvgIpc) is 2.55. The highest BCUT2D eigenvalue weighted by atomic mass is 19.1. The number of halogens is 1. The van der Waals surface area contributed by atoms with Crippen molar-refractivity contribution in [2.75, 3.05) is 11.9 Å². The molecule has 0 aromatic heterocycles. The molecular weight excluding hydrogens is 295 g/mol. The van der Waals surface area contributed by atoms with E-state index in [2.05, 4.69) is 10.6 Å². The number of aryl methyl sites for hydroxylation is 1. The van der Waals surface area contributed by atoms with Crippen molar-refractivity contribution >= 4 is 23.6 Å². The van der Waals surface area contributed by atoms with E-state index in [9.17, 15) is 14.0 Å². The number of hydrogen-bond acceptors (Lipinski definition) is 2. The van der Waals surface area contributed by atoms with Crippen molar-refractivity contribution in [3.63, 3.8) is 0 Å². The van der Waals surface area contributed by atoms with E-state index in [4.69, 9.17) is 0 Å². The van der Waals surface area contributed by atoms with Crippen molar-refractivity contribution in [3.05, 3.63) is 71.6 Å². The van der Waals surface area contributed by atoms with Crippen LogP contribution in [-0.2, 0) is 9.59 Å². The number of carbonyl (C=O) groups excluding carboxylic acids is 2. The first-order chi connectivity index (χ1) is 11.0. The van der Waals surface area contributed by atoms with Gasteiger partial charge in [-0.05, 0) is 36.3 Å². The van der Waals surface area contributed by atoms with Gasteiger partial charge in [0.25, 0.3) is 0 Å². The maximum absolute atomic E-state index is 13.4. The van der Waals surface area contributed by atoms with Crippen LogP contribution in [0, 0.1) is 12.7 Å². The number of anilines is 1. The molecular formula is C18H17FN2O2. The van der Waals surface area contributed by atoms with E-state index in [0.29, 0.717) is 11.3 Å². The second-order valence-electron chi connectivity index (χ2n) is 4.97. The van der Waals surface area contributed by atoms with Gasteiger partial charge in [-0.25, -0.2) is 4.39 Å². The molecule has 0 aliphatic rings. The van der Waals surface area contributed by atoms with Crippen LogP contribution < -0.4 is 10.6 Å². The monoisotopic (exact) mass is 312 g/mol. The molecule has 0 saturated heterocycles. The van der Waals surface area contributed by atoms with Crippen molar-refractivity contribution in [1.82, 2.24) is 5.32 Å². The van der Waals surface area contributed by atoms with Gasteiger partial charge in [-0.3, -0.25) is 9.59 Å². The number of rotatable bonds is 5. The molecule has 0 unspecified atom stereocenters. The second-order valence-corrected chi connectivity index (χ2v) is 4.97. The molecule has 2 N–H and O–H groups in total. The van der Waals surface area contributed by atoms with Crippen LogP contribution in [0.15, 0.2) is 54.6 Å². The van der Waals surface area contributed by atoms with Crippen LogP contribution in [0.25, 0.3) is 6.08 Å². The van der Waals surface area contributed by atoms with Crippen molar-refractivity contribution in [2.24, 2.45) is 0 Å². The summed E-state index contributed by atoms with van der Waals surface area (Å²) in [6, 6.07) is 13.8. The van der Waals surface area contributed by atoms with Gasteiger partial charge in [-0.2, -0.15) is 0 Å². The van der Waals surface area contributed by atoms with Crippen LogP contribution in [-0.4, -0.2) is 18.4 Å². The fourth-order valence-electron chi connectivity index (χ4n) is 1.84. The minimum absolute atomic E-state index is 0.187. The Morgan fingerprint density at radius 1 is 1.13 bits per heavy atom. The van der Waals surface area contributed by atoms with Crippen molar-refractivity contribution in [1.29, 1.82) is 0 Å². The third-order valence-electron chi connectivity index (χ3n) is 3.11. The van der Waals surface area contributed by atoms with Gasteiger partial charge in [0, 0.05) is 11.8 Å². The molecule has 0 radical (unpaired) electrons. The lowest BCUT2D eigenvalue weighted by Crippen LogP contribution is -2.31. The first kappa shape index (κ1) is 16.4. The Morgan fingerprint density at radius 2 is 1.87 bits per heavy atom. The van der Waals surface area contributed by atoms with E-state index >= 15 is 0 Å². The molecule has 0 aliphatic heterocycles. The Labute approximate surface area is 134 Å². The molecule has 2 aromatic carbocycles.